The molecule has 122 valence electrons. The van der Waals surface area contributed by atoms with Gasteiger partial charge in [-0.3, -0.25) is 9.48 Å². The van der Waals surface area contributed by atoms with E-state index in [-0.39, 0.29) is 17.8 Å². The van der Waals surface area contributed by atoms with E-state index in [1.54, 1.807) is 23.0 Å². The molecule has 0 spiro atoms. The molecule has 1 amide bonds. The largest absolute Gasteiger partial charge is 0.351 e. The van der Waals surface area contributed by atoms with E-state index in [0.29, 0.717) is 6.54 Å². The van der Waals surface area contributed by atoms with Gasteiger partial charge >= 0.3 is 0 Å². The molecule has 6 heteroatoms. The standard InChI is InChI=1S/C17H21FN4O/c1-21(2)16(14-5-4-6-15(18)9-14)11-19-17(23)8-7-13-10-20-22(3)12-13/h4-10,12,16H,11H2,1-3H3,(H,19,23). The van der Waals surface area contributed by atoms with Crippen LogP contribution in [-0.2, 0) is 11.8 Å². The van der Waals surface area contributed by atoms with Crippen molar-refractivity contribution < 1.29 is 9.18 Å². The van der Waals surface area contributed by atoms with Crippen molar-refractivity contribution in [1.29, 1.82) is 0 Å². The number of carbonyl (C=O) groups is 1. The Morgan fingerprint density at radius 2 is 2.26 bits per heavy atom. The minimum Gasteiger partial charge on any atom is -0.351 e. The lowest BCUT2D eigenvalue weighted by Crippen LogP contribution is -2.33. The Bertz CT molecular complexity index is 693. The van der Waals surface area contributed by atoms with Gasteiger partial charge in [-0.05, 0) is 37.9 Å². The number of benzene rings is 1. The molecule has 0 aliphatic carbocycles. The van der Waals surface area contributed by atoms with E-state index < -0.39 is 0 Å². The first-order chi connectivity index (χ1) is 11.0. The Labute approximate surface area is 135 Å². The summed E-state index contributed by atoms with van der Waals surface area (Å²) in [6.07, 6.45) is 6.67. The number of carbonyl (C=O) groups excluding carboxylic acids is 1. The molecule has 1 atom stereocenters. The molecule has 0 saturated heterocycles. The third-order valence-electron chi connectivity index (χ3n) is 3.48. The maximum atomic E-state index is 13.4. The van der Waals surface area contributed by atoms with Gasteiger partial charge in [-0.25, -0.2) is 4.39 Å². The summed E-state index contributed by atoms with van der Waals surface area (Å²) in [5, 5.41) is 6.87. The Kier molecular flexibility index (Phi) is 5.65. The van der Waals surface area contributed by atoms with E-state index in [1.807, 2.05) is 38.3 Å². The molecule has 1 heterocycles. The van der Waals surface area contributed by atoms with Crippen LogP contribution in [0.3, 0.4) is 0 Å². The Morgan fingerprint density at radius 1 is 1.48 bits per heavy atom. The third kappa shape index (κ3) is 5.03. The van der Waals surface area contributed by atoms with Gasteiger partial charge in [-0.2, -0.15) is 5.10 Å². The second-order valence-corrected chi connectivity index (χ2v) is 5.56. The van der Waals surface area contributed by atoms with E-state index in [4.69, 9.17) is 0 Å². The number of nitrogens with one attached hydrogen (secondary N) is 1. The van der Waals surface area contributed by atoms with E-state index in [2.05, 4.69) is 10.4 Å². The maximum absolute atomic E-state index is 13.4. The van der Waals surface area contributed by atoms with Crippen molar-refractivity contribution in [3.05, 3.63) is 59.7 Å². The molecule has 23 heavy (non-hydrogen) atoms. The monoisotopic (exact) mass is 316 g/mol. The fraction of sp³-hybridized carbons (Fsp3) is 0.294. The molecule has 1 aromatic carbocycles. The number of aromatic nitrogens is 2. The van der Waals surface area contributed by atoms with Crippen LogP contribution in [0.2, 0.25) is 0 Å². The number of amides is 1. The Balaban J connectivity index is 1.96. The van der Waals surface area contributed by atoms with Gasteiger partial charge in [0.2, 0.25) is 5.91 Å². The average Bonchev–Trinajstić information content (AvgIpc) is 2.91. The van der Waals surface area contributed by atoms with Crippen molar-refractivity contribution in [2.75, 3.05) is 20.6 Å². The number of nitrogens with zero attached hydrogens (tertiary/aromatic N) is 3. The van der Waals surface area contributed by atoms with Gasteiger partial charge in [0.1, 0.15) is 5.82 Å². The smallest absolute Gasteiger partial charge is 0.244 e. The van der Waals surface area contributed by atoms with Crippen LogP contribution in [0.5, 0.6) is 0 Å². The molecule has 0 saturated carbocycles. The van der Waals surface area contributed by atoms with E-state index >= 15 is 0 Å². The molecule has 0 aliphatic rings. The molecule has 2 aromatic rings. The van der Waals surface area contributed by atoms with Gasteiger partial charge in [-0.15, -0.1) is 0 Å². The van der Waals surface area contributed by atoms with Crippen LogP contribution in [0.25, 0.3) is 6.08 Å². The molecule has 0 aliphatic heterocycles. The normalized spacial score (nSPS) is 12.7. The fourth-order valence-corrected chi connectivity index (χ4v) is 2.27. The predicted molar refractivity (Wildman–Crippen MR) is 88.1 cm³/mol. The van der Waals surface area contributed by atoms with Crippen LogP contribution in [-0.4, -0.2) is 41.2 Å². The van der Waals surface area contributed by atoms with Crippen molar-refractivity contribution >= 4 is 12.0 Å². The number of halogens is 1. The zero-order valence-electron chi connectivity index (χ0n) is 13.5. The summed E-state index contributed by atoms with van der Waals surface area (Å²) >= 11 is 0. The SMILES string of the molecule is CN(C)C(CNC(=O)C=Cc1cnn(C)c1)c1cccc(F)c1. The molecule has 0 radical (unpaired) electrons. The lowest BCUT2D eigenvalue weighted by molar-refractivity contribution is -0.116. The van der Waals surface area contributed by atoms with E-state index in [9.17, 15) is 9.18 Å². The predicted octanol–water partition coefficient (Wildman–Crippen LogP) is 1.99. The molecule has 0 bridgehead atoms. The van der Waals surface area contributed by atoms with Gasteiger partial charge in [0, 0.05) is 31.4 Å². The molecule has 2 rings (SSSR count). The van der Waals surface area contributed by atoms with Gasteiger partial charge in [0.05, 0.1) is 12.2 Å². The molecular weight excluding hydrogens is 295 g/mol. The minimum absolute atomic E-state index is 0.0959. The summed E-state index contributed by atoms with van der Waals surface area (Å²) in [6.45, 7) is 0.396. The zero-order chi connectivity index (χ0) is 16.8. The van der Waals surface area contributed by atoms with Gasteiger partial charge in [0.15, 0.2) is 0 Å². The third-order valence-corrected chi connectivity index (χ3v) is 3.48. The van der Waals surface area contributed by atoms with Gasteiger partial charge in [-0.1, -0.05) is 12.1 Å². The highest BCUT2D eigenvalue weighted by molar-refractivity contribution is 5.91. The first kappa shape index (κ1) is 16.9. The Morgan fingerprint density at radius 3 is 2.87 bits per heavy atom. The summed E-state index contributed by atoms with van der Waals surface area (Å²) in [5.41, 5.74) is 1.68. The number of hydrogen-bond acceptors (Lipinski definition) is 3. The van der Waals surface area contributed by atoms with Gasteiger partial charge in [0.25, 0.3) is 0 Å². The highest BCUT2D eigenvalue weighted by Crippen LogP contribution is 2.18. The lowest BCUT2D eigenvalue weighted by atomic mass is 10.1. The lowest BCUT2D eigenvalue weighted by Gasteiger charge is -2.24. The average molecular weight is 316 g/mol. The van der Waals surface area contributed by atoms with E-state index in [1.165, 1.54) is 18.2 Å². The number of likely N-dealkylation sites (N-methyl/N-ethyl adjacent to an activating group) is 1. The zero-order valence-corrected chi connectivity index (χ0v) is 13.5. The van der Waals surface area contributed by atoms with Crippen LogP contribution in [0.15, 0.2) is 42.7 Å². The molecule has 5 nitrogen and oxygen atoms in total. The van der Waals surface area contributed by atoms with Crippen LogP contribution < -0.4 is 5.32 Å². The summed E-state index contributed by atoms with van der Waals surface area (Å²) < 4.78 is 15.0. The molecular formula is C17H21FN4O. The van der Waals surface area contributed by atoms with Gasteiger partial charge < -0.3 is 10.2 Å². The molecule has 0 fully saturated rings. The quantitative estimate of drug-likeness (QED) is 0.829. The first-order valence-corrected chi connectivity index (χ1v) is 7.32. The molecule has 1 N–H and O–H groups in total. The number of hydrogen-bond donors (Lipinski definition) is 1. The van der Waals surface area contributed by atoms with Crippen molar-refractivity contribution in [3.63, 3.8) is 0 Å². The second kappa shape index (κ2) is 7.69. The fourth-order valence-electron chi connectivity index (χ4n) is 2.27. The highest BCUT2D eigenvalue weighted by atomic mass is 19.1. The van der Waals surface area contributed by atoms with Crippen molar-refractivity contribution in [2.45, 2.75) is 6.04 Å². The maximum Gasteiger partial charge on any atom is 0.244 e. The van der Waals surface area contributed by atoms with Crippen molar-refractivity contribution in [2.24, 2.45) is 7.05 Å². The van der Waals surface area contributed by atoms with Crippen LogP contribution in [0, 0.1) is 5.82 Å². The molecule has 1 aromatic heterocycles. The highest BCUT2D eigenvalue weighted by Gasteiger charge is 2.15. The van der Waals surface area contributed by atoms with Crippen LogP contribution in [0.1, 0.15) is 17.2 Å². The van der Waals surface area contributed by atoms with Crippen molar-refractivity contribution in [1.82, 2.24) is 20.0 Å². The molecule has 1 unspecified atom stereocenters. The summed E-state index contributed by atoms with van der Waals surface area (Å²) in [4.78, 5) is 13.9. The second-order valence-electron chi connectivity index (χ2n) is 5.56. The van der Waals surface area contributed by atoms with E-state index in [0.717, 1.165) is 11.1 Å². The number of aryl methyl sites for hydroxylation is 1. The topological polar surface area (TPSA) is 50.2 Å². The van der Waals surface area contributed by atoms with Crippen LogP contribution in [0.4, 0.5) is 4.39 Å². The number of rotatable bonds is 6. The summed E-state index contributed by atoms with van der Waals surface area (Å²) in [5.74, 6) is -0.478. The minimum atomic E-state index is -0.280. The Hall–Kier alpha value is -2.47. The summed E-state index contributed by atoms with van der Waals surface area (Å²) in [7, 11) is 5.61. The summed E-state index contributed by atoms with van der Waals surface area (Å²) in [6, 6.07) is 6.33. The first-order valence-electron chi connectivity index (χ1n) is 7.32. The van der Waals surface area contributed by atoms with Crippen molar-refractivity contribution in [3.8, 4) is 0 Å². The van der Waals surface area contributed by atoms with Crippen LogP contribution >= 0.6 is 0 Å².